The van der Waals surface area contributed by atoms with Crippen molar-refractivity contribution in [3.63, 3.8) is 0 Å². The first-order valence-corrected chi connectivity index (χ1v) is 8.09. The molecule has 0 aliphatic heterocycles. The number of rotatable bonds is 9. The Hall–Kier alpha value is -1.32. The molecule has 0 N–H and O–H groups in total. The van der Waals surface area contributed by atoms with Crippen LogP contribution in [0, 0.1) is 11.8 Å². The van der Waals surface area contributed by atoms with Gasteiger partial charge in [0.1, 0.15) is 0 Å². The lowest BCUT2D eigenvalue weighted by molar-refractivity contribution is -0.150. The van der Waals surface area contributed by atoms with E-state index in [0.717, 1.165) is 57.3 Å². The number of carbonyl (C=O) groups excluding carboxylic acids is 2. The van der Waals surface area contributed by atoms with Crippen LogP contribution in [0.2, 0.25) is 0 Å². The summed E-state index contributed by atoms with van der Waals surface area (Å²) >= 11 is 0. The topological polar surface area (TPSA) is 52.6 Å². The van der Waals surface area contributed by atoms with E-state index in [1.165, 1.54) is 6.08 Å². The van der Waals surface area contributed by atoms with Crippen LogP contribution in [0.15, 0.2) is 12.7 Å². The van der Waals surface area contributed by atoms with Crippen LogP contribution in [0.4, 0.5) is 0 Å². The predicted molar refractivity (Wildman–Crippen MR) is 81.7 cm³/mol. The molecule has 0 bridgehead atoms. The molecule has 4 nitrogen and oxygen atoms in total. The second-order valence-electron chi connectivity index (χ2n) is 5.91. The van der Waals surface area contributed by atoms with Gasteiger partial charge in [0.25, 0.3) is 0 Å². The Morgan fingerprint density at radius 2 is 1.57 bits per heavy atom. The van der Waals surface area contributed by atoms with E-state index in [9.17, 15) is 9.59 Å². The van der Waals surface area contributed by atoms with Crippen LogP contribution < -0.4 is 0 Å². The SMILES string of the molecule is C=CC(=O)OCCCCCCOC(=O)C1CCC(C)CC1. The molecule has 0 aromatic rings. The molecule has 1 saturated carbocycles. The minimum absolute atomic E-state index is 0.0122. The average Bonchev–Trinajstić information content (AvgIpc) is 2.50. The number of esters is 2. The summed E-state index contributed by atoms with van der Waals surface area (Å²) in [7, 11) is 0. The third-order valence-corrected chi connectivity index (χ3v) is 4.04. The molecule has 0 unspecified atom stereocenters. The normalized spacial score (nSPS) is 21.6. The van der Waals surface area contributed by atoms with E-state index >= 15 is 0 Å². The molecule has 0 aromatic carbocycles. The van der Waals surface area contributed by atoms with E-state index < -0.39 is 0 Å². The maximum absolute atomic E-state index is 11.9. The fourth-order valence-electron chi connectivity index (χ4n) is 2.58. The van der Waals surface area contributed by atoms with E-state index in [0.29, 0.717) is 13.2 Å². The Bertz CT molecular complexity index is 330. The van der Waals surface area contributed by atoms with Gasteiger partial charge in [-0.3, -0.25) is 4.79 Å². The summed E-state index contributed by atoms with van der Waals surface area (Å²) in [6.45, 7) is 6.53. The molecular formula is C17H28O4. The van der Waals surface area contributed by atoms with Crippen molar-refractivity contribution < 1.29 is 19.1 Å². The maximum Gasteiger partial charge on any atom is 0.330 e. The molecule has 120 valence electrons. The van der Waals surface area contributed by atoms with Gasteiger partial charge in [0, 0.05) is 6.08 Å². The van der Waals surface area contributed by atoms with E-state index in [-0.39, 0.29) is 17.9 Å². The van der Waals surface area contributed by atoms with Crippen LogP contribution in [0.25, 0.3) is 0 Å². The average molecular weight is 296 g/mol. The van der Waals surface area contributed by atoms with Gasteiger partial charge in [-0.05, 0) is 57.3 Å². The molecule has 0 heterocycles. The van der Waals surface area contributed by atoms with Gasteiger partial charge in [-0.15, -0.1) is 0 Å². The van der Waals surface area contributed by atoms with Crippen LogP contribution in [0.3, 0.4) is 0 Å². The number of unbranched alkanes of at least 4 members (excludes halogenated alkanes) is 3. The Kier molecular flexibility index (Phi) is 8.79. The number of hydrogen-bond acceptors (Lipinski definition) is 4. The van der Waals surface area contributed by atoms with E-state index in [2.05, 4.69) is 13.5 Å². The van der Waals surface area contributed by atoms with Gasteiger partial charge in [0.2, 0.25) is 0 Å². The first-order chi connectivity index (χ1) is 10.1. The fraction of sp³-hybridized carbons (Fsp3) is 0.765. The van der Waals surface area contributed by atoms with Crippen molar-refractivity contribution in [2.24, 2.45) is 11.8 Å². The third-order valence-electron chi connectivity index (χ3n) is 4.04. The molecule has 0 amide bonds. The smallest absolute Gasteiger partial charge is 0.330 e. The second-order valence-corrected chi connectivity index (χ2v) is 5.91. The van der Waals surface area contributed by atoms with Gasteiger partial charge in [-0.2, -0.15) is 0 Å². The molecule has 1 fully saturated rings. The zero-order valence-corrected chi connectivity index (χ0v) is 13.1. The van der Waals surface area contributed by atoms with Crippen LogP contribution >= 0.6 is 0 Å². The maximum atomic E-state index is 11.9. The van der Waals surface area contributed by atoms with Crippen molar-refractivity contribution in [1.82, 2.24) is 0 Å². The van der Waals surface area contributed by atoms with Crippen LogP contribution in [0.1, 0.15) is 58.3 Å². The monoisotopic (exact) mass is 296 g/mol. The molecule has 21 heavy (non-hydrogen) atoms. The van der Waals surface area contributed by atoms with Gasteiger partial charge >= 0.3 is 11.9 Å². The second kappa shape index (κ2) is 10.4. The lowest BCUT2D eigenvalue weighted by Gasteiger charge is -2.24. The van der Waals surface area contributed by atoms with Gasteiger partial charge in [0.15, 0.2) is 0 Å². The first-order valence-electron chi connectivity index (χ1n) is 8.09. The summed E-state index contributed by atoms with van der Waals surface area (Å²) in [5.41, 5.74) is 0. The summed E-state index contributed by atoms with van der Waals surface area (Å²) in [5, 5.41) is 0. The molecule has 4 heteroatoms. The zero-order valence-electron chi connectivity index (χ0n) is 13.1. The highest BCUT2D eigenvalue weighted by Crippen LogP contribution is 2.29. The van der Waals surface area contributed by atoms with Crippen LogP contribution in [0.5, 0.6) is 0 Å². The molecular weight excluding hydrogens is 268 g/mol. The minimum Gasteiger partial charge on any atom is -0.465 e. The van der Waals surface area contributed by atoms with Crippen molar-refractivity contribution in [1.29, 1.82) is 0 Å². The van der Waals surface area contributed by atoms with Crippen LogP contribution in [-0.4, -0.2) is 25.2 Å². The lowest BCUT2D eigenvalue weighted by Crippen LogP contribution is -2.23. The highest BCUT2D eigenvalue weighted by atomic mass is 16.5. The lowest BCUT2D eigenvalue weighted by atomic mass is 9.83. The fourth-order valence-corrected chi connectivity index (χ4v) is 2.58. The Morgan fingerprint density at radius 1 is 1.00 bits per heavy atom. The van der Waals surface area contributed by atoms with E-state index in [1.54, 1.807) is 0 Å². The van der Waals surface area contributed by atoms with Crippen molar-refractivity contribution >= 4 is 11.9 Å². The number of hydrogen-bond donors (Lipinski definition) is 0. The van der Waals surface area contributed by atoms with Crippen LogP contribution in [-0.2, 0) is 19.1 Å². The zero-order chi connectivity index (χ0) is 15.5. The molecule has 1 aliphatic rings. The molecule has 1 aliphatic carbocycles. The van der Waals surface area contributed by atoms with Crippen molar-refractivity contribution in [2.45, 2.75) is 58.3 Å². The first kappa shape index (κ1) is 17.7. The summed E-state index contributed by atoms with van der Waals surface area (Å²) in [6.07, 6.45) is 9.10. The highest BCUT2D eigenvalue weighted by molar-refractivity contribution is 5.81. The molecule has 0 saturated heterocycles. The number of ether oxygens (including phenoxy) is 2. The predicted octanol–water partition coefficient (Wildman–Crippen LogP) is 3.65. The van der Waals surface area contributed by atoms with Gasteiger partial charge in [0.05, 0.1) is 19.1 Å². The highest BCUT2D eigenvalue weighted by Gasteiger charge is 2.25. The summed E-state index contributed by atoms with van der Waals surface area (Å²) in [6, 6.07) is 0. The molecule has 0 spiro atoms. The molecule has 1 rings (SSSR count). The van der Waals surface area contributed by atoms with E-state index in [1.807, 2.05) is 0 Å². The van der Waals surface area contributed by atoms with Gasteiger partial charge < -0.3 is 9.47 Å². The molecule has 0 atom stereocenters. The number of carbonyl (C=O) groups is 2. The Labute approximate surface area is 127 Å². The van der Waals surface area contributed by atoms with Crippen molar-refractivity contribution in [3.8, 4) is 0 Å². The van der Waals surface area contributed by atoms with Gasteiger partial charge in [-0.25, -0.2) is 4.79 Å². The quantitative estimate of drug-likeness (QED) is 0.370. The summed E-state index contributed by atoms with van der Waals surface area (Å²) in [5.74, 6) is 0.497. The Morgan fingerprint density at radius 3 is 2.14 bits per heavy atom. The minimum atomic E-state index is -0.370. The largest absolute Gasteiger partial charge is 0.465 e. The summed E-state index contributed by atoms with van der Waals surface area (Å²) < 4.78 is 10.2. The van der Waals surface area contributed by atoms with Crippen molar-refractivity contribution in [2.75, 3.05) is 13.2 Å². The molecule has 0 aromatic heterocycles. The Balaban J connectivity index is 1.93. The molecule has 0 radical (unpaired) electrons. The van der Waals surface area contributed by atoms with Gasteiger partial charge in [-0.1, -0.05) is 13.5 Å². The standard InChI is InChI=1S/C17H28O4/c1-3-16(18)20-12-6-4-5-7-13-21-17(19)15-10-8-14(2)9-11-15/h3,14-15H,1,4-13H2,2H3. The summed E-state index contributed by atoms with van der Waals surface area (Å²) in [4.78, 5) is 22.7. The third kappa shape index (κ3) is 7.88. The van der Waals surface area contributed by atoms with E-state index in [4.69, 9.17) is 9.47 Å². The van der Waals surface area contributed by atoms with Crippen molar-refractivity contribution in [3.05, 3.63) is 12.7 Å².